The Bertz CT molecular complexity index is 420. The number of hydrogen-bond acceptors (Lipinski definition) is 4. The van der Waals surface area contributed by atoms with Crippen molar-refractivity contribution in [2.45, 2.75) is 25.4 Å². The Labute approximate surface area is 99.5 Å². The number of phenolic OH excluding ortho intramolecular Hbond substituents is 2. The number of para-hydroxylation sites is 1. The normalized spacial score (nSPS) is 19.3. The third kappa shape index (κ3) is 2.88. The van der Waals surface area contributed by atoms with E-state index in [2.05, 4.69) is 10.6 Å². The van der Waals surface area contributed by atoms with Crippen LogP contribution in [0.5, 0.6) is 11.5 Å². The van der Waals surface area contributed by atoms with Crippen LogP contribution in [-0.4, -0.2) is 28.7 Å². The topological polar surface area (TPSA) is 81.6 Å². The van der Waals surface area contributed by atoms with E-state index >= 15 is 0 Å². The fraction of sp³-hybridized carbons (Fsp3) is 0.417. The lowest BCUT2D eigenvalue weighted by atomic mass is 10.1. The van der Waals surface area contributed by atoms with Crippen LogP contribution >= 0.6 is 0 Å². The Morgan fingerprint density at radius 2 is 2.24 bits per heavy atom. The first-order valence-corrected chi connectivity index (χ1v) is 5.66. The lowest BCUT2D eigenvalue weighted by Crippen LogP contribution is -2.35. The van der Waals surface area contributed by atoms with E-state index in [1.165, 1.54) is 6.07 Å². The molecule has 1 amide bonds. The first kappa shape index (κ1) is 11.7. The molecule has 1 aromatic carbocycles. The third-order valence-electron chi connectivity index (χ3n) is 2.89. The number of benzene rings is 1. The van der Waals surface area contributed by atoms with Crippen molar-refractivity contribution < 1.29 is 15.0 Å². The Morgan fingerprint density at radius 1 is 1.41 bits per heavy atom. The number of hydrogen-bond donors (Lipinski definition) is 4. The standard InChI is InChI=1S/C12H16N2O3/c15-10-3-1-2-8(12(10)17)6-13-7-9-4-5-11(16)14-9/h1-3,9,13,15,17H,4-7H2,(H,14,16). The summed E-state index contributed by atoms with van der Waals surface area (Å²) in [6.07, 6.45) is 1.43. The summed E-state index contributed by atoms with van der Waals surface area (Å²) in [6.45, 7) is 1.13. The number of nitrogens with one attached hydrogen (secondary N) is 2. The maximum atomic E-state index is 11.0. The van der Waals surface area contributed by atoms with E-state index in [1.807, 2.05) is 0 Å². The third-order valence-corrected chi connectivity index (χ3v) is 2.89. The van der Waals surface area contributed by atoms with Crippen LogP contribution in [-0.2, 0) is 11.3 Å². The van der Waals surface area contributed by atoms with Crippen LogP contribution < -0.4 is 10.6 Å². The van der Waals surface area contributed by atoms with Gasteiger partial charge in [-0.05, 0) is 12.5 Å². The molecular weight excluding hydrogens is 220 g/mol. The van der Waals surface area contributed by atoms with Crippen LogP contribution in [0.1, 0.15) is 18.4 Å². The molecule has 1 fully saturated rings. The van der Waals surface area contributed by atoms with Gasteiger partial charge in [-0.1, -0.05) is 12.1 Å². The van der Waals surface area contributed by atoms with Crippen LogP contribution in [0.25, 0.3) is 0 Å². The van der Waals surface area contributed by atoms with Gasteiger partial charge in [0.15, 0.2) is 11.5 Å². The Balaban J connectivity index is 1.82. The van der Waals surface area contributed by atoms with E-state index in [1.54, 1.807) is 12.1 Å². The molecule has 5 heteroatoms. The molecule has 92 valence electrons. The van der Waals surface area contributed by atoms with E-state index in [0.717, 1.165) is 6.42 Å². The molecule has 0 spiro atoms. The molecule has 1 heterocycles. The molecule has 0 aliphatic carbocycles. The second-order valence-corrected chi connectivity index (χ2v) is 4.22. The molecule has 1 aliphatic heterocycles. The van der Waals surface area contributed by atoms with Gasteiger partial charge in [0.05, 0.1) is 0 Å². The number of phenols is 2. The van der Waals surface area contributed by atoms with Crippen molar-refractivity contribution in [3.8, 4) is 11.5 Å². The summed E-state index contributed by atoms with van der Waals surface area (Å²) in [7, 11) is 0. The fourth-order valence-corrected chi connectivity index (χ4v) is 1.93. The van der Waals surface area contributed by atoms with Crippen molar-refractivity contribution in [1.29, 1.82) is 0 Å². The molecule has 5 nitrogen and oxygen atoms in total. The van der Waals surface area contributed by atoms with E-state index in [0.29, 0.717) is 25.1 Å². The summed E-state index contributed by atoms with van der Waals surface area (Å²) in [5.41, 5.74) is 0.648. The van der Waals surface area contributed by atoms with Gasteiger partial charge in [0.25, 0.3) is 0 Å². The fourth-order valence-electron chi connectivity index (χ4n) is 1.93. The second kappa shape index (κ2) is 5.05. The highest BCUT2D eigenvalue weighted by molar-refractivity contribution is 5.78. The molecule has 0 radical (unpaired) electrons. The molecule has 0 aromatic heterocycles. The minimum absolute atomic E-state index is 0.0875. The smallest absolute Gasteiger partial charge is 0.220 e. The van der Waals surface area contributed by atoms with Gasteiger partial charge in [-0.2, -0.15) is 0 Å². The minimum Gasteiger partial charge on any atom is -0.504 e. The summed E-state index contributed by atoms with van der Waals surface area (Å²) < 4.78 is 0. The van der Waals surface area contributed by atoms with Crippen LogP contribution in [0.3, 0.4) is 0 Å². The lowest BCUT2D eigenvalue weighted by molar-refractivity contribution is -0.119. The SMILES string of the molecule is O=C1CCC(CNCc2cccc(O)c2O)N1. The summed E-state index contributed by atoms with van der Waals surface area (Å²) in [6, 6.07) is 5.04. The van der Waals surface area contributed by atoms with Crippen molar-refractivity contribution in [3.05, 3.63) is 23.8 Å². The quantitative estimate of drug-likeness (QED) is 0.573. The lowest BCUT2D eigenvalue weighted by Gasteiger charge is -2.12. The molecule has 0 saturated carbocycles. The molecule has 1 atom stereocenters. The summed E-state index contributed by atoms with van der Waals surface area (Å²) in [5, 5.41) is 24.9. The van der Waals surface area contributed by atoms with Crippen molar-refractivity contribution >= 4 is 5.91 Å². The van der Waals surface area contributed by atoms with Gasteiger partial charge >= 0.3 is 0 Å². The molecule has 4 N–H and O–H groups in total. The van der Waals surface area contributed by atoms with E-state index in [9.17, 15) is 15.0 Å². The zero-order chi connectivity index (χ0) is 12.3. The van der Waals surface area contributed by atoms with Gasteiger partial charge in [0.1, 0.15) is 0 Å². The Hall–Kier alpha value is -1.75. The number of carbonyl (C=O) groups is 1. The highest BCUT2D eigenvalue weighted by Crippen LogP contribution is 2.27. The highest BCUT2D eigenvalue weighted by atomic mass is 16.3. The van der Waals surface area contributed by atoms with Crippen molar-refractivity contribution in [2.75, 3.05) is 6.54 Å². The van der Waals surface area contributed by atoms with Gasteiger partial charge in [0, 0.05) is 31.1 Å². The van der Waals surface area contributed by atoms with Gasteiger partial charge < -0.3 is 20.8 Å². The molecule has 2 rings (SSSR count). The van der Waals surface area contributed by atoms with E-state index in [-0.39, 0.29) is 23.4 Å². The molecule has 0 bridgehead atoms. The van der Waals surface area contributed by atoms with Gasteiger partial charge in [-0.25, -0.2) is 0 Å². The first-order chi connectivity index (χ1) is 8.16. The van der Waals surface area contributed by atoms with Crippen LogP contribution in [0.4, 0.5) is 0 Å². The van der Waals surface area contributed by atoms with Crippen molar-refractivity contribution in [2.24, 2.45) is 0 Å². The van der Waals surface area contributed by atoms with E-state index in [4.69, 9.17) is 0 Å². The van der Waals surface area contributed by atoms with Crippen LogP contribution in [0, 0.1) is 0 Å². The van der Waals surface area contributed by atoms with Gasteiger partial charge in [-0.3, -0.25) is 4.79 Å². The van der Waals surface area contributed by atoms with Gasteiger partial charge in [0.2, 0.25) is 5.91 Å². The highest BCUT2D eigenvalue weighted by Gasteiger charge is 2.19. The predicted octanol–water partition coefficient (Wildman–Crippen LogP) is 0.466. The second-order valence-electron chi connectivity index (χ2n) is 4.22. The maximum Gasteiger partial charge on any atom is 0.220 e. The zero-order valence-corrected chi connectivity index (χ0v) is 9.44. The average Bonchev–Trinajstić information content (AvgIpc) is 2.70. The number of rotatable bonds is 4. The average molecular weight is 236 g/mol. The Kier molecular flexibility index (Phi) is 3.49. The number of aromatic hydroxyl groups is 2. The van der Waals surface area contributed by atoms with E-state index < -0.39 is 0 Å². The molecule has 1 unspecified atom stereocenters. The molecule has 1 aromatic rings. The molecule has 1 saturated heterocycles. The summed E-state index contributed by atoms with van der Waals surface area (Å²) in [4.78, 5) is 11.0. The first-order valence-electron chi connectivity index (χ1n) is 5.66. The number of carbonyl (C=O) groups excluding carboxylic acids is 1. The van der Waals surface area contributed by atoms with Crippen LogP contribution in [0.2, 0.25) is 0 Å². The molecular formula is C12H16N2O3. The predicted molar refractivity (Wildman–Crippen MR) is 62.6 cm³/mol. The largest absolute Gasteiger partial charge is 0.504 e. The summed E-state index contributed by atoms with van der Waals surface area (Å²) >= 11 is 0. The molecule has 17 heavy (non-hydrogen) atoms. The van der Waals surface area contributed by atoms with Crippen molar-refractivity contribution in [3.63, 3.8) is 0 Å². The Morgan fingerprint density at radius 3 is 2.94 bits per heavy atom. The maximum absolute atomic E-state index is 11.0. The minimum atomic E-state index is -0.113. The van der Waals surface area contributed by atoms with Crippen molar-refractivity contribution in [1.82, 2.24) is 10.6 Å². The van der Waals surface area contributed by atoms with Gasteiger partial charge in [-0.15, -0.1) is 0 Å². The number of amides is 1. The zero-order valence-electron chi connectivity index (χ0n) is 9.44. The molecule has 1 aliphatic rings. The summed E-state index contributed by atoms with van der Waals surface area (Å²) in [5.74, 6) is -0.106. The van der Waals surface area contributed by atoms with Crippen LogP contribution in [0.15, 0.2) is 18.2 Å². The monoisotopic (exact) mass is 236 g/mol.